The van der Waals surface area contributed by atoms with Gasteiger partial charge in [0.2, 0.25) is 0 Å². The van der Waals surface area contributed by atoms with Crippen LogP contribution in [0.2, 0.25) is 0 Å². The summed E-state index contributed by atoms with van der Waals surface area (Å²) >= 11 is 0. The summed E-state index contributed by atoms with van der Waals surface area (Å²) in [4.78, 5) is 23.2. The Morgan fingerprint density at radius 2 is 1.48 bits per heavy atom. The summed E-state index contributed by atoms with van der Waals surface area (Å²) in [5.74, 6) is -0.857. The Morgan fingerprint density at radius 1 is 0.857 bits per heavy atom. The number of hydrogen-bond donors (Lipinski definition) is 1. The average Bonchev–Trinajstić information content (AvgIpc) is 2.46. The van der Waals surface area contributed by atoms with Crippen molar-refractivity contribution in [3.05, 3.63) is 59.7 Å². The molecule has 0 aromatic heterocycles. The van der Waals surface area contributed by atoms with Gasteiger partial charge in [0.15, 0.2) is 5.78 Å². The van der Waals surface area contributed by atoms with Gasteiger partial charge in [-0.3, -0.25) is 4.79 Å². The van der Waals surface area contributed by atoms with Gasteiger partial charge in [0, 0.05) is 11.0 Å². The molecule has 0 heterocycles. The molecule has 0 saturated carbocycles. The van der Waals surface area contributed by atoms with Crippen molar-refractivity contribution in [3.63, 3.8) is 0 Å². The maximum atomic E-state index is 12.2. The molecular weight excluding hydrogens is 264 g/mol. The van der Waals surface area contributed by atoms with E-state index in [1.54, 1.807) is 30.3 Å². The van der Waals surface area contributed by atoms with Crippen LogP contribution in [0.5, 0.6) is 0 Å². The molecule has 0 amide bonds. The molecule has 2 aromatic carbocycles. The summed E-state index contributed by atoms with van der Waals surface area (Å²) in [5.41, 5.74) is 2.22. The van der Waals surface area contributed by atoms with Crippen LogP contribution in [0, 0.1) is 5.41 Å². The first-order valence-electron chi connectivity index (χ1n) is 6.77. The first-order chi connectivity index (χ1) is 9.79. The van der Waals surface area contributed by atoms with E-state index in [0.717, 1.165) is 11.1 Å². The van der Waals surface area contributed by atoms with Gasteiger partial charge < -0.3 is 5.11 Å². The van der Waals surface area contributed by atoms with Gasteiger partial charge in [0.1, 0.15) is 0 Å². The Hall–Kier alpha value is -2.42. The monoisotopic (exact) mass is 282 g/mol. The highest BCUT2D eigenvalue weighted by atomic mass is 16.4. The largest absolute Gasteiger partial charge is 0.478 e. The smallest absolute Gasteiger partial charge is 0.335 e. The van der Waals surface area contributed by atoms with E-state index < -0.39 is 11.4 Å². The number of Topliss-reactive ketones (excluding diaryl/α,β-unsaturated/α-hetero) is 1. The van der Waals surface area contributed by atoms with Gasteiger partial charge in [-0.25, -0.2) is 4.79 Å². The highest BCUT2D eigenvalue weighted by Gasteiger charge is 2.22. The molecule has 0 atom stereocenters. The molecule has 0 spiro atoms. The summed E-state index contributed by atoms with van der Waals surface area (Å²) in [7, 11) is 0. The lowest BCUT2D eigenvalue weighted by molar-refractivity contribution is 0.0696. The zero-order chi connectivity index (χ0) is 15.6. The molecule has 108 valence electrons. The third-order valence-corrected chi connectivity index (χ3v) is 3.27. The van der Waals surface area contributed by atoms with Crippen LogP contribution in [0.25, 0.3) is 11.1 Å². The highest BCUT2D eigenvalue weighted by Crippen LogP contribution is 2.25. The highest BCUT2D eigenvalue weighted by molar-refractivity contribution is 6.00. The maximum Gasteiger partial charge on any atom is 0.335 e. The van der Waals surface area contributed by atoms with Gasteiger partial charge >= 0.3 is 5.97 Å². The normalized spacial score (nSPS) is 11.2. The second-order valence-corrected chi connectivity index (χ2v) is 6.04. The van der Waals surface area contributed by atoms with E-state index in [1.807, 2.05) is 39.0 Å². The Kier molecular flexibility index (Phi) is 3.94. The first kappa shape index (κ1) is 15.0. The maximum absolute atomic E-state index is 12.2. The van der Waals surface area contributed by atoms with E-state index in [0.29, 0.717) is 5.56 Å². The Balaban J connectivity index is 2.33. The summed E-state index contributed by atoms with van der Waals surface area (Å²) < 4.78 is 0. The van der Waals surface area contributed by atoms with Crippen LogP contribution in [0.15, 0.2) is 48.5 Å². The van der Waals surface area contributed by atoms with Crippen LogP contribution in [-0.4, -0.2) is 16.9 Å². The molecule has 3 nitrogen and oxygen atoms in total. The number of carbonyl (C=O) groups excluding carboxylic acids is 1. The second-order valence-electron chi connectivity index (χ2n) is 6.04. The second kappa shape index (κ2) is 5.52. The summed E-state index contributed by atoms with van der Waals surface area (Å²) in [6.07, 6.45) is 0. The summed E-state index contributed by atoms with van der Waals surface area (Å²) in [6, 6.07) is 14.0. The van der Waals surface area contributed by atoms with Gasteiger partial charge in [0.05, 0.1) is 5.56 Å². The minimum absolute atomic E-state index is 0.0911. The predicted molar refractivity (Wildman–Crippen MR) is 82.6 cm³/mol. The number of ketones is 1. The zero-order valence-electron chi connectivity index (χ0n) is 12.4. The quantitative estimate of drug-likeness (QED) is 0.855. The molecule has 21 heavy (non-hydrogen) atoms. The lowest BCUT2D eigenvalue weighted by atomic mass is 9.86. The zero-order valence-corrected chi connectivity index (χ0v) is 12.4. The fourth-order valence-corrected chi connectivity index (χ4v) is 2.08. The van der Waals surface area contributed by atoms with Crippen molar-refractivity contribution < 1.29 is 14.7 Å². The topological polar surface area (TPSA) is 54.4 Å². The van der Waals surface area contributed by atoms with E-state index in [1.165, 1.54) is 0 Å². The van der Waals surface area contributed by atoms with E-state index in [-0.39, 0.29) is 11.3 Å². The summed E-state index contributed by atoms with van der Waals surface area (Å²) in [6.45, 7) is 5.67. The van der Waals surface area contributed by atoms with Crippen molar-refractivity contribution in [3.8, 4) is 11.1 Å². The van der Waals surface area contributed by atoms with Crippen molar-refractivity contribution in [2.45, 2.75) is 20.8 Å². The molecule has 0 bridgehead atoms. The van der Waals surface area contributed by atoms with Crippen molar-refractivity contribution in [1.82, 2.24) is 0 Å². The van der Waals surface area contributed by atoms with E-state index >= 15 is 0 Å². The number of aromatic carboxylic acids is 1. The van der Waals surface area contributed by atoms with Crippen molar-refractivity contribution in [2.75, 3.05) is 0 Å². The molecule has 0 aliphatic heterocycles. The number of hydrogen-bond acceptors (Lipinski definition) is 2. The minimum Gasteiger partial charge on any atom is -0.478 e. The molecule has 0 saturated heterocycles. The number of rotatable bonds is 3. The van der Waals surface area contributed by atoms with Crippen LogP contribution in [0.4, 0.5) is 0 Å². The number of carboxylic acid groups (broad SMARTS) is 1. The van der Waals surface area contributed by atoms with Crippen molar-refractivity contribution in [1.29, 1.82) is 0 Å². The molecule has 1 N–H and O–H groups in total. The number of benzene rings is 2. The number of carboxylic acids is 1. The van der Waals surface area contributed by atoms with Crippen LogP contribution in [0.1, 0.15) is 41.5 Å². The van der Waals surface area contributed by atoms with Crippen LogP contribution in [0.3, 0.4) is 0 Å². The molecule has 2 aromatic rings. The van der Waals surface area contributed by atoms with Crippen molar-refractivity contribution in [2.24, 2.45) is 5.41 Å². The van der Waals surface area contributed by atoms with Crippen LogP contribution >= 0.6 is 0 Å². The van der Waals surface area contributed by atoms with Crippen molar-refractivity contribution >= 4 is 11.8 Å². The molecule has 0 aliphatic rings. The standard InChI is InChI=1S/C18H18O3/c1-18(2,3)16(19)13-9-7-12(8-10-13)14-5-4-6-15(11-14)17(20)21/h4-11H,1-3H3,(H,20,21). The number of carbonyl (C=O) groups is 2. The van der Waals surface area contributed by atoms with Gasteiger partial charge in [0.25, 0.3) is 0 Å². The van der Waals surface area contributed by atoms with Gasteiger partial charge in [-0.15, -0.1) is 0 Å². The summed E-state index contributed by atoms with van der Waals surface area (Å²) in [5, 5.41) is 9.02. The van der Waals surface area contributed by atoms with E-state index in [4.69, 9.17) is 5.11 Å². The molecule has 2 rings (SSSR count). The lowest BCUT2D eigenvalue weighted by Crippen LogP contribution is -2.19. The molecule has 0 fully saturated rings. The third kappa shape index (κ3) is 3.37. The SMILES string of the molecule is CC(C)(C)C(=O)c1ccc(-c2cccc(C(=O)O)c2)cc1. The fourth-order valence-electron chi connectivity index (χ4n) is 2.08. The van der Waals surface area contributed by atoms with Gasteiger partial charge in [-0.05, 0) is 23.3 Å². The van der Waals surface area contributed by atoms with Gasteiger partial charge in [-0.2, -0.15) is 0 Å². The Bertz CT molecular complexity index is 676. The van der Waals surface area contributed by atoms with E-state index in [9.17, 15) is 9.59 Å². The fraction of sp³-hybridized carbons (Fsp3) is 0.222. The average molecular weight is 282 g/mol. The Morgan fingerprint density at radius 3 is 2.00 bits per heavy atom. The minimum atomic E-state index is -0.948. The first-order valence-corrected chi connectivity index (χ1v) is 6.77. The predicted octanol–water partition coefficient (Wildman–Crippen LogP) is 4.28. The molecule has 3 heteroatoms. The molecule has 0 aliphatic carbocycles. The van der Waals surface area contributed by atoms with Gasteiger partial charge in [-0.1, -0.05) is 57.2 Å². The molecule has 0 radical (unpaired) electrons. The van der Waals surface area contributed by atoms with Crippen LogP contribution in [-0.2, 0) is 0 Å². The lowest BCUT2D eigenvalue weighted by Gasteiger charge is -2.16. The molecular formula is C18H18O3. The Labute approximate surface area is 124 Å². The van der Waals surface area contributed by atoms with E-state index in [2.05, 4.69) is 0 Å². The van der Waals surface area contributed by atoms with Crippen LogP contribution < -0.4 is 0 Å². The third-order valence-electron chi connectivity index (χ3n) is 3.27. The molecule has 0 unspecified atom stereocenters.